The molecule has 0 bridgehead atoms. The van der Waals surface area contributed by atoms with Gasteiger partial charge in [-0.2, -0.15) is 8.78 Å². The number of carbonyl (C=O) groups excluding carboxylic acids is 1. The van der Waals surface area contributed by atoms with E-state index in [-0.39, 0.29) is 23.8 Å². The molecule has 168 valence electrons. The minimum Gasteiger partial charge on any atom is -0.434 e. The summed E-state index contributed by atoms with van der Waals surface area (Å²) in [7, 11) is 3.17. The topological polar surface area (TPSA) is 78.4 Å². The van der Waals surface area contributed by atoms with Crippen LogP contribution < -0.4 is 15.4 Å². The Balaban J connectivity index is 1.85. The lowest BCUT2D eigenvalue weighted by Crippen LogP contribution is -2.54. The summed E-state index contributed by atoms with van der Waals surface area (Å²) in [5.41, 5.74) is 0.00492. The molecule has 2 rings (SSSR count). The van der Waals surface area contributed by atoms with Crippen LogP contribution in [0, 0.1) is 5.82 Å². The SMILES string of the molecule is CN=C(NCc1c(F)cccc1OC(F)F)N1CCN(CC(=O)NCCOC)CC1. The number of halogens is 3. The molecule has 1 heterocycles. The normalized spacial score (nSPS) is 15.4. The van der Waals surface area contributed by atoms with Crippen molar-refractivity contribution in [3.05, 3.63) is 29.6 Å². The van der Waals surface area contributed by atoms with Crippen LogP contribution in [-0.2, 0) is 16.1 Å². The van der Waals surface area contributed by atoms with Gasteiger partial charge in [0, 0.05) is 59.0 Å². The van der Waals surface area contributed by atoms with Crippen LogP contribution >= 0.6 is 0 Å². The molecule has 0 aromatic heterocycles. The van der Waals surface area contributed by atoms with Gasteiger partial charge in [-0.05, 0) is 12.1 Å². The van der Waals surface area contributed by atoms with Crippen LogP contribution in [0.15, 0.2) is 23.2 Å². The van der Waals surface area contributed by atoms with Crippen molar-refractivity contribution in [3.63, 3.8) is 0 Å². The monoisotopic (exact) mass is 431 g/mol. The van der Waals surface area contributed by atoms with E-state index in [4.69, 9.17) is 4.74 Å². The first-order chi connectivity index (χ1) is 14.4. The molecule has 1 saturated heterocycles. The maximum absolute atomic E-state index is 14.1. The van der Waals surface area contributed by atoms with E-state index in [1.54, 1.807) is 14.2 Å². The number of hydrogen-bond acceptors (Lipinski definition) is 5. The summed E-state index contributed by atoms with van der Waals surface area (Å²) in [5, 5.41) is 5.78. The van der Waals surface area contributed by atoms with Crippen molar-refractivity contribution in [2.24, 2.45) is 4.99 Å². The molecule has 0 unspecified atom stereocenters. The number of rotatable bonds is 9. The quantitative estimate of drug-likeness (QED) is 0.344. The first-order valence-corrected chi connectivity index (χ1v) is 9.60. The maximum atomic E-state index is 14.1. The molecule has 0 radical (unpaired) electrons. The van der Waals surface area contributed by atoms with E-state index in [1.807, 2.05) is 9.80 Å². The lowest BCUT2D eigenvalue weighted by molar-refractivity contribution is -0.122. The van der Waals surface area contributed by atoms with Crippen LogP contribution in [0.3, 0.4) is 0 Å². The summed E-state index contributed by atoms with van der Waals surface area (Å²) in [4.78, 5) is 20.1. The standard InChI is InChI=1S/C19H28F3N5O3/c1-23-19(25-12-14-15(20)4-3-5-16(14)30-18(21)22)27-9-7-26(8-10-27)13-17(28)24-6-11-29-2/h3-5,18H,6-13H2,1-2H3,(H,23,25)(H,24,28). The highest BCUT2D eigenvalue weighted by atomic mass is 19.3. The molecule has 11 heteroatoms. The third-order valence-corrected chi connectivity index (χ3v) is 4.59. The van der Waals surface area contributed by atoms with E-state index in [0.717, 1.165) is 0 Å². The van der Waals surface area contributed by atoms with Gasteiger partial charge in [-0.3, -0.25) is 14.7 Å². The second-order valence-electron chi connectivity index (χ2n) is 6.60. The summed E-state index contributed by atoms with van der Waals surface area (Å²) >= 11 is 0. The zero-order valence-electron chi connectivity index (χ0n) is 17.2. The van der Waals surface area contributed by atoms with Crippen molar-refractivity contribution in [1.82, 2.24) is 20.4 Å². The van der Waals surface area contributed by atoms with Gasteiger partial charge in [0.05, 0.1) is 13.2 Å². The van der Waals surface area contributed by atoms with E-state index in [0.29, 0.717) is 51.8 Å². The number of carbonyl (C=O) groups is 1. The van der Waals surface area contributed by atoms with Crippen LogP contribution in [0.4, 0.5) is 13.2 Å². The average Bonchev–Trinajstić information content (AvgIpc) is 2.71. The molecular weight excluding hydrogens is 403 g/mol. The van der Waals surface area contributed by atoms with Gasteiger partial charge in [-0.15, -0.1) is 0 Å². The number of ether oxygens (including phenoxy) is 2. The highest BCUT2D eigenvalue weighted by Crippen LogP contribution is 2.23. The third-order valence-electron chi connectivity index (χ3n) is 4.59. The molecule has 1 aromatic carbocycles. The number of benzene rings is 1. The Kier molecular flexibility index (Phi) is 9.68. The van der Waals surface area contributed by atoms with Gasteiger partial charge in [0.15, 0.2) is 5.96 Å². The summed E-state index contributed by atoms with van der Waals surface area (Å²) < 4.78 is 48.5. The van der Waals surface area contributed by atoms with Gasteiger partial charge in [0.2, 0.25) is 5.91 Å². The predicted octanol–water partition coefficient (Wildman–Crippen LogP) is 0.883. The van der Waals surface area contributed by atoms with Crippen molar-refractivity contribution < 1.29 is 27.4 Å². The van der Waals surface area contributed by atoms with Crippen molar-refractivity contribution >= 4 is 11.9 Å². The van der Waals surface area contributed by atoms with Crippen molar-refractivity contribution in [3.8, 4) is 5.75 Å². The van der Waals surface area contributed by atoms with E-state index < -0.39 is 12.4 Å². The Labute approximate surface area is 174 Å². The number of nitrogens with zero attached hydrogens (tertiary/aromatic N) is 3. The number of aliphatic imine (C=N–C) groups is 1. The lowest BCUT2D eigenvalue weighted by Gasteiger charge is -2.36. The predicted molar refractivity (Wildman–Crippen MR) is 106 cm³/mol. The summed E-state index contributed by atoms with van der Waals surface area (Å²) in [6, 6.07) is 3.80. The van der Waals surface area contributed by atoms with Crippen molar-refractivity contribution in [1.29, 1.82) is 0 Å². The van der Waals surface area contributed by atoms with Crippen molar-refractivity contribution in [2.75, 3.05) is 60.0 Å². The fraction of sp³-hybridized carbons (Fsp3) is 0.579. The number of hydrogen-bond donors (Lipinski definition) is 2. The fourth-order valence-corrected chi connectivity index (χ4v) is 3.09. The molecule has 1 aliphatic heterocycles. The van der Waals surface area contributed by atoms with Gasteiger partial charge in [0.1, 0.15) is 11.6 Å². The molecule has 8 nitrogen and oxygen atoms in total. The number of guanidine groups is 1. The second kappa shape index (κ2) is 12.2. The van der Waals surface area contributed by atoms with Gasteiger partial charge < -0.3 is 25.0 Å². The molecule has 1 aliphatic rings. The van der Waals surface area contributed by atoms with Crippen LogP contribution in [0.25, 0.3) is 0 Å². The number of piperazine rings is 1. The Morgan fingerprint density at radius 2 is 1.97 bits per heavy atom. The van der Waals surface area contributed by atoms with Crippen molar-refractivity contribution in [2.45, 2.75) is 13.2 Å². The van der Waals surface area contributed by atoms with Gasteiger partial charge in [-0.25, -0.2) is 4.39 Å². The van der Waals surface area contributed by atoms with Crippen LogP contribution in [0.2, 0.25) is 0 Å². The number of amides is 1. The summed E-state index contributed by atoms with van der Waals surface area (Å²) in [6.45, 7) is 0.675. The Bertz CT molecular complexity index is 713. The molecule has 0 saturated carbocycles. The first kappa shape index (κ1) is 23.7. The number of nitrogens with one attached hydrogen (secondary N) is 2. The summed E-state index contributed by atoms with van der Waals surface area (Å²) in [6.07, 6.45) is 0. The maximum Gasteiger partial charge on any atom is 0.387 e. The first-order valence-electron chi connectivity index (χ1n) is 9.60. The smallest absolute Gasteiger partial charge is 0.387 e. The number of alkyl halides is 2. The van der Waals surface area contributed by atoms with E-state index in [9.17, 15) is 18.0 Å². The molecule has 0 spiro atoms. The Hall–Kier alpha value is -2.53. The Morgan fingerprint density at radius 1 is 1.23 bits per heavy atom. The lowest BCUT2D eigenvalue weighted by atomic mass is 10.2. The zero-order chi connectivity index (χ0) is 21.9. The van der Waals surface area contributed by atoms with Gasteiger partial charge >= 0.3 is 6.61 Å². The minimum atomic E-state index is -3.04. The molecular formula is C19H28F3N5O3. The van der Waals surface area contributed by atoms with Gasteiger partial charge in [-0.1, -0.05) is 6.07 Å². The largest absolute Gasteiger partial charge is 0.434 e. The number of methoxy groups -OCH3 is 1. The highest BCUT2D eigenvalue weighted by molar-refractivity contribution is 5.80. The highest BCUT2D eigenvalue weighted by Gasteiger charge is 2.22. The molecule has 2 N–H and O–H groups in total. The Morgan fingerprint density at radius 3 is 2.60 bits per heavy atom. The van der Waals surface area contributed by atoms with E-state index in [1.165, 1.54) is 18.2 Å². The zero-order valence-corrected chi connectivity index (χ0v) is 17.2. The molecule has 1 fully saturated rings. The van der Waals surface area contributed by atoms with Crippen LogP contribution in [0.5, 0.6) is 5.75 Å². The molecule has 1 amide bonds. The van der Waals surface area contributed by atoms with Crippen LogP contribution in [0.1, 0.15) is 5.56 Å². The molecule has 30 heavy (non-hydrogen) atoms. The van der Waals surface area contributed by atoms with Gasteiger partial charge in [0.25, 0.3) is 0 Å². The van der Waals surface area contributed by atoms with E-state index >= 15 is 0 Å². The minimum absolute atomic E-state index is 0.00492. The van der Waals surface area contributed by atoms with Crippen LogP contribution in [-0.4, -0.2) is 88.3 Å². The molecule has 0 atom stereocenters. The summed E-state index contributed by atoms with van der Waals surface area (Å²) in [5.74, 6) is -0.391. The second-order valence-corrected chi connectivity index (χ2v) is 6.60. The molecule has 1 aromatic rings. The average molecular weight is 431 g/mol. The van der Waals surface area contributed by atoms with E-state index in [2.05, 4.69) is 20.4 Å². The fourth-order valence-electron chi connectivity index (χ4n) is 3.09. The third kappa shape index (κ3) is 7.38. The molecule has 0 aliphatic carbocycles.